The summed E-state index contributed by atoms with van der Waals surface area (Å²) >= 11 is 0. The highest BCUT2D eigenvalue weighted by Crippen LogP contribution is 2.22. The van der Waals surface area contributed by atoms with Gasteiger partial charge in [0.1, 0.15) is 0 Å². The van der Waals surface area contributed by atoms with Crippen LogP contribution in [0.1, 0.15) is 31.0 Å². The molecule has 1 unspecified atom stereocenters. The molecule has 2 rings (SSSR count). The first-order chi connectivity index (χ1) is 7.61. The Hall–Kier alpha value is -1.77. The fourth-order valence-electron chi connectivity index (χ4n) is 1.79. The molecule has 0 radical (unpaired) electrons. The van der Waals surface area contributed by atoms with Crippen LogP contribution in [0.3, 0.4) is 0 Å². The molecule has 1 aromatic heterocycles. The number of hydrogen-bond acceptors (Lipinski definition) is 1. The van der Waals surface area contributed by atoms with Gasteiger partial charge < -0.3 is 10.1 Å². The molecule has 0 aliphatic rings. The molecule has 0 aliphatic carbocycles. The lowest BCUT2D eigenvalue weighted by Gasteiger charge is -2.01. The molecule has 0 saturated heterocycles. The molecule has 0 bridgehead atoms. The second-order valence-corrected chi connectivity index (χ2v) is 4.06. The number of aromatic nitrogens is 1. The van der Waals surface area contributed by atoms with E-state index in [2.05, 4.69) is 24.0 Å². The van der Waals surface area contributed by atoms with Gasteiger partial charge in [-0.3, -0.25) is 4.79 Å². The minimum Gasteiger partial charge on any atom is -0.481 e. The van der Waals surface area contributed by atoms with Gasteiger partial charge in [0.25, 0.3) is 0 Å². The van der Waals surface area contributed by atoms with Crippen LogP contribution in [0, 0.1) is 0 Å². The minimum atomic E-state index is -0.803. The maximum atomic E-state index is 10.9. The maximum Gasteiger partial charge on any atom is 0.312 e. The van der Waals surface area contributed by atoms with Crippen LogP contribution in [0.5, 0.6) is 0 Å². The van der Waals surface area contributed by atoms with Crippen molar-refractivity contribution in [1.29, 1.82) is 0 Å². The van der Waals surface area contributed by atoms with E-state index in [1.807, 2.05) is 12.1 Å². The highest BCUT2D eigenvalue weighted by molar-refractivity contribution is 5.84. The van der Waals surface area contributed by atoms with Crippen molar-refractivity contribution in [3.63, 3.8) is 0 Å². The predicted octanol–water partition coefficient (Wildman–Crippen LogP) is 2.92. The Kier molecular flexibility index (Phi) is 2.69. The molecule has 0 aliphatic heterocycles. The van der Waals surface area contributed by atoms with Crippen molar-refractivity contribution in [2.75, 3.05) is 0 Å². The Bertz CT molecular complexity index is 528. The Morgan fingerprint density at radius 1 is 1.44 bits per heavy atom. The maximum absolute atomic E-state index is 10.9. The van der Waals surface area contributed by atoms with Crippen LogP contribution >= 0.6 is 0 Å². The lowest BCUT2D eigenvalue weighted by Crippen LogP contribution is -2.07. The summed E-state index contributed by atoms with van der Waals surface area (Å²) in [7, 11) is 0. The second kappa shape index (κ2) is 4.00. The summed E-state index contributed by atoms with van der Waals surface area (Å²) < 4.78 is 0. The second-order valence-electron chi connectivity index (χ2n) is 4.06. The largest absolute Gasteiger partial charge is 0.481 e. The molecule has 0 amide bonds. The number of aryl methyl sites for hydroxylation is 1. The Labute approximate surface area is 94.1 Å². The number of carboxylic acid groups (broad SMARTS) is 1. The van der Waals surface area contributed by atoms with Crippen LogP contribution in [0.4, 0.5) is 0 Å². The molecule has 2 N–H and O–H groups in total. The monoisotopic (exact) mass is 217 g/mol. The quantitative estimate of drug-likeness (QED) is 0.830. The third-order valence-electron chi connectivity index (χ3n) is 2.95. The molecule has 0 fully saturated rings. The first-order valence-corrected chi connectivity index (χ1v) is 5.46. The van der Waals surface area contributed by atoms with Gasteiger partial charge in [-0.15, -0.1) is 0 Å². The van der Waals surface area contributed by atoms with Gasteiger partial charge in [0.2, 0.25) is 0 Å². The number of aliphatic carboxylic acids is 1. The van der Waals surface area contributed by atoms with Gasteiger partial charge in [0.15, 0.2) is 0 Å². The van der Waals surface area contributed by atoms with E-state index in [0.29, 0.717) is 0 Å². The highest BCUT2D eigenvalue weighted by Gasteiger charge is 2.15. The van der Waals surface area contributed by atoms with Crippen molar-refractivity contribution in [1.82, 2.24) is 4.98 Å². The number of hydrogen-bond donors (Lipinski definition) is 2. The molecule has 0 saturated carbocycles. The lowest BCUT2D eigenvalue weighted by molar-refractivity contribution is -0.138. The van der Waals surface area contributed by atoms with Gasteiger partial charge in [0.05, 0.1) is 5.92 Å². The zero-order valence-electron chi connectivity index (χ0n) is 9.45. The first kappa shape index (κ1) is 10.7. The van der Waals surface area contributed by atoms with E-state index in [1.54, 1.807) is 6.92 Å². The Morgan fingerprint density at radius 2 is 2.19 bits per heavy atom. The van der Waals surface area contributed by atoms with E-state index in [4.69, 9.17) is 5.11 Å². The molecule has 84 valence electrons. The fourth-order valence-corrected chi connectivity index (χ4v) is 1.79. The Morgan fingerprint density at radius 3 is 2.81 bits per heavy atom. The molecule has 1 atom stereocenters. The highest BCUT2D eigenvalue weighted by atomic mass is 16.4. The molecule has 3 nitrogen and oxygen atoms in total. The van der Waals surface area contributed by atoms with Crippen molar-refractivity contribution in [2.24, 2.45) is 0 Å². The third kappa shape index (κ3) is 1.81. The number of benzene rings is 1. The van der Waals surface area contributed by atoms with Crippen molar-refractivity contribution >= 4 is 16.9 Å². The minimum absolute atomic E-state index is 0.488. The van der Waals surface area contributed by atoms with Crippen molar-refractivity contribution < 1.29 is 9.90 Å². The van der Waals surface area contributed by atoms with Gasteiger partial charge in [-0.2, -0.15) is 0 Å². The fraction of sp³-hybridized carbons (Fsp3) is 0.308. The summed E-state index contributed by atoms with van der Waals surface area (Å²) in [5, 5.41) is 10.0. The third-order valence-corrected chi connectivity index (χ3v) is 2.95. The van der Waals surface area contributed by atoms with Crippen LogP contribution in [0.25, 0.3) is 10.9 Å². The number of fused-ring (bicyclic) bond motifs is 1. The molecule has 2 aromatic rings. The van der Waals surface area contributed by atoms with Gasteiger partial charge in [-0.1, -0.05) is 13.0 Å². The summed E-state index contributed by atoms with van der Waals surface area (Å²) in [6, 6.07) is 8.09. The van der Waals surface area contributed by atoms with E-state index in [9.17, 15) is 4.79 Å². The average Bonchev–Trinajstić information content (AvgIpc) is 2.69. The normalized spacial score (nSPS) is 12.9. The van der Waals surface area contributed by atoms with Gasteiger partial charge in [-0.25, -0.2) is 0 Å². The summed E-state index contributed by atoms with van der Waals surface area (Å²) in [5.41, 5.74) is 3.03. The van der Waals surface area contributed by atoms with E-state index in [0.717, 1.165) is 23.0 Å². The average molecular weight is 217 g/mol. The summed E-state index contributed by atoms with van der Waals surface area (Å²) in [5.74, 6) is -1.29. The predicted molar refractivity (Wildman–Crippen MR) is 63.7 cm³/mol. The van der Waals surface area contributed by atoms with Crippen molar-refractivity contribution in [3.8, 4) is 0 Å². The van der Waals surface area contributed by atoms with Crippen LogP contribution < -0.4 is 0 Å². The summed E-state index contributed by atoms with van der Waals surface area (Å²) in [6.07, 6.45) is 0.991. The smallest absolute Gasteiger partial charge is 0.312 e. The van der Waals surface area contributed by atoms with E-state index >= 15 is 0 Å². The Balaban J connectivity index is 2.47. The van der Waals surface area contributed by atoms with Crippen molar-refractivity contribution in [3.05, 3.63) is 35.5 Å². The molecule has 3 heteroatoms. The number of aromatic amines is 1. The molecule has 1 heterocycles. The summed E-state index contributed by atoms with van der Waals surface area (Å²) in [4.78, 5) is 14.0. The number of carboxylic acids is 1. The van der Waals surface area contributed by atoms with Gasteiger partial charge in [-0.05, 0) is 42.5 Å². The van der Waals surface area contributed by atoms with E-state index in [1.165, 1.54) is 5.56 Å². The van der Waals surface area contributed by atoms with E-state index in [-0.39, 0.29) is 0 Å². The van der Waals surface area contributed by atoms with E-state index < -0.39 is 11.9 Å². The lowest BCUT2D eigenvalue weighted by atomic mass is 10.1. The zero-order chi connectivity index (χ0) is 11.7. The van der Waals surface area contributed by atoms with Crippen LogP contribution in [-0.4, -0.2) is 16.1 Å². The van der Waals surface area contributed by atoms with Crippen LogP contribution in [0.15, 0.2) is 24.3 Å². The molecule has 16 heavy (non-hydrogen) atoms. The van der Waals surface area contributed by atoms with Crippen molar-refractivity contribution in [2.45, 2.75) is 26.2 Å². The standard InChI is InChI=1S/C13H15NO2/c1-3-9-4-5-11-10(6-9)7-12(14-11)8(2)13(15)16/h4-8,14H,3H2,1-2H3,(H,15,16). The van der Waals surface area contributed by atoms with Crippen LogP contribution in [0.2, 0.25) is 0 Å². The van der Waals surface area contributed by atoms with Gasteiger partial charge in [0, 0.05) is 11.2 Å². The SMILES string of the molecule is CCc1ccc2[nH]c(C(C)C(=O)O)cc2c1. The first-order valence-electron chi connectivity index (χ1n) is 5.46. The molecule has 1 aromatic carbocycles. The topological polar surface area (TPSA) is 53.1 Å². The summed E-state index contributed by atoms with van der Waals surface area (Å²) in [6.45, 7) is 3.79. The van der Waals surface area contributed by atoms with Gasteiger partial charge >= 0.3 is 5.97 Å². The molecule has 0 spiro atoms. The number of rotatable bonds is 3. The number of H-pyrrole nitrogens is 1. The zero-order valence-corrected chi connectivity index (χ0v) is 9.45. The number of carbonyl (C=O) groups is 1. The molecular weight excluding hydrogens is 202 g/mol. The molecular formula is C13H15NO2. The number of nitrogens with one attached hydrogen (secondary N) is 1. The van der Waals surface area contributed by atoms with Crippen LogP contribution in [-0.2, 0) is 11.2 Å².